The highest BCUT2D eigenvalue weighted by atomic mass is 15.2. The smallest absolute Gasteiger partial charge is 0.00984 e. The highest BCUT2D eigenvalue weighted by Crippen LogP contribution is 2.29. The third-order valence-corrected chi connectivity index (χ3v) is 4.32. The highest BCUT2D eigenvalue weighted by molar-refractivity contribution is 4.85. The molecule has 0 amide bonds. The molecule has 2 saturated heterocycles. The number of hydrogen-bond donors (Lipinski definition) is 0. The maximum Gasteiger partial charge on any atom is 0.00984 e. The molecule has 2 aliphatic heterocycles. The van der Waals surface area contributed by atoms with Gasteiger partial charge >= 0.3 is 0 Å². The zero-order valence-corrected chi connectivity index (χ0v) is 10.6. The van der Waals surface area contributed by atoms with Crippen LogP contribution in [-0.4, -0.2) is 49.1 Å². The lowest BCUT2D eigenvalue weighted by molar-refractivity contribution is 0.254. The van der Waals surface area contributed by atoms with Crippen molar-refractivity contribution in [2.45, 2.75) is 39.2 Å². The maximum absolute atomic E-state index is 2.60. The van der Waals surface area contributed by atoms with Crippen molar-refractivity contribution in [2.75, 3.05) is 33.2 Å². The lowest BCUT2D eigenvalue weighted by atomic mass is 9.96. The fourth-order valence-electron chi connectivity index (χ4n) is 3.41. The molecular weight excluding hydrogens is 184 g/mol. The van der Waals surface area contributed by atoms with E-state index in [1.807, 2.05) is 0 Å². The molecule has 3 atom stereocenters. The molecule has 0 bridgehead atoms. The summed E-state index contributed by atoms with van der Waals surface area (Å²) in [5.41, 5.74) is 0. The van der Waals surface area contributed by atoms with Crippen molar-refractivity contribution in [2.24, 2.45) is 11.8 Å². The predicted molar refractivity (Wildman–Crippen MR) is 65.0 cm³/mol. The molecule has 0 saturated carbocycles. The molecule has 88 valence electrons. The molecule has 2 nitrogen and oxygen atoms in total. The Morgan fingerprint density at radius 2 is 2.07 bits per heavy atom. The number of hydrogen-bond acceptors (Lipinski definition) is 2. The first kappa shape index (κ1) is 11.4. The van der Waals surface area contributed by atoms with Crippen LogP contribution in [0, 0.1) is 11.8 Å². The van der Waals surface area contributed by atoms with Gasteiger partial charge in [-0.3, -0.25) is 0 Å². The lowest BCUT2D eigenvalue weighted by Crippen LogP contribution is -2.28. The van der Waals surface area contributed by atoms with Crippen LogP contribution in [0.25, 0.3) is 0 Å². The summed E-state index contributed by atoms with van der Waals surface area (Å²) in [4.78, 5) is 5.18. The third-order valence-electron chi connectivity index (χ3n) is 4.32. The van der Waals surface area contributed by atoms with E-state index in [1.54, 1.807) is 0 Å². The van der Waals surface area contributed by atoms with Gasteiger partial charge in [0.15, 0.2) is 0 Å². The largest absolute Gasteiger partial charge is 0.303 e. The van der Waals surface area contributed by atoms with Crippen molar-refractivity contribution >= 4 is 0 Å². The van der Waals surface area contributed by atoms with Crippen molar-refractivity contribution in [1.82, 2.24) is 9.80 Å². The average Bonchev–Trinajstić information content (AvgIpc) is 2.75. The van der Waals surface area contributed by atoms with E-state index in [9.17, 15) is 0 Å². The first-order chi connectivity index (χ1) is 7.19. The van der Waals surface area contributed by atoms with Crippen molar-refractivity contribution in [3.63, 3.8) is 0 Å². The molecule has 2 unspecified atom stereocenters. The van der Waals surface area contributed by atoms with Gasteiger partial charge in [0.05, 0.1) is 0 Å². The summed E-state index contributed by atoms with van der Waals surface area (Å²) in [5.74, 6) is 1.89. The topological polar surface area (TPSA) is 6.48 Å². The fourth-order valence-corrected chi connectivity index (χ4v) is 3.41. The van der Waals surface area contributed by atoms with Crippen molar-refractivity contribution in [3.8, 4) is 0 Å². The molecular formula is C13H26N2. The van der Waals surface area contributed by atoms with Gasteiger partial charge in [0.25, 0.3) is 0 Å². The molecule has 0 aromatic rings. The van der Waals surface area contributed by atoms with Crippen LogP contribution in [-0.2, 0) is 0 Å². The van der Waals surface area contributed by atoms with Crippen LogP contribution in [0.3, 0.4) is 0 Å². The van der Waals surface area contributed by atoms with E-state index in [1.165, 1.54) is 45.4 Å². The van der Waals surface area contributed by atoms with Crippen molar-refractivity contribution in [3.05, 3.63) is 0 Å². The Kier molecular flexibility index (Phi) is 3.68. The third kappa shape index (κ3) is 2.73. The summed E-state index contributed by atoms with van der Waals surface area (Å²) in [7, 11) is 2.31. The van der Waals surface area contributed by atoms with Crippen LogP contribution >= 0.6 is 0 Å². The molecule has 0 aliphatic carbocycles. The molecule has 0 N–H and O–H groups in total. The van der Waals surface area contributed by atoms with Gasteiger partial charge in [-0.15, -0.1) is 0 Å². The summed E-state index contributed by atoms with van der Waals surface area (Å²) in [5, 5.41) is 0. The molecule has 0 aromatic heterocycles. The van der Waals surface area contributed by atoms with Crippen LogP contribution in [0.4, 0.5) is 0 Å². The molecule has 0 radical (unpaired) electrons. The van der Waals surface area contributed by atoms with Gasteiger partial charge in [-0.1, -0.05) is 13.8 Å². The Labute approximate surface area is 94.6 Å². The number of nitrogens with zero attached hydrogens (tertiary/aromatic N) is 2. The normalized spacial score (nSPS) is 39.0. The Morgan fingerprint density at radius 1 is 1.27 bits per heavy atom. The highest BCUT2D eigenvalue weighted by Gasteiger charge is 2.31. The second-order valence-corrected chi connectivity index (χ2v) is 5.72. The molecule has 2 fully saturated rings. The minimum Gasteiger partial charge on any atom is -0.303 e. The van der Waals surface area contributed by atoms with Gasteiger partial charge < -0.3 is 9.80 Å². The summed E-state index contributed by atoms with van der Waals surface area (Å²) >= 11 is 0. The van der Waals surface area contributed by atoms with Crippen LogP contribution in [0.5, 0.6) is 0 Å². The van der Waals surface area contributed by atoms with E-state index in [4.69, 9.17) is 0 Å². The Morgan fingerprint density at radius 3 is 2.60 bits per heavy atom. The monoisotopic (exact) mass is 210 g/mol. The molecule has 2 heteroatoms. The Bertz CT molecular complexity index is 205. The summed E-state index contributed by atoms with van der Waals surface area (Å²) < 4.78 is 0. The van der Waals surface area contributed by atoms with Crippen molar-refractivity contribution in [1.29, 1.82) is 0 Å². The molecule has 2 rings (SSSR count). The minimum absolute atomic E-state index is 0.877. The van der Waals surface area contributed by atoms with E-state index < -0.39 is 0 Å². The second-order valence-electron chi connectivity index (χ2n) is 5.72. The molecule has 2 heterocycles. The quantitative estimate of drug-likeness (QED) is 0.703. The van der Waals surface area contributed by atoms with Gasteiger partial charge in [-0.25, -0.2) is 0 Å². The second kappa shape index (κ2) is 4.84. The van der Waals surface area contributed by atoms with Crippen LogP contribution in [0.1, 0.15) is 33.1 Å². The molecule has 15 heavy (non-hydrogen) atoms. The van der Waals surface area contributed by atoms with E-state index in [-0.39, 0.29) is 0 Å². The van der Waals surface area contributed by atoms with E-state index in [2.05, 4.69) is 30.7 Å². The SMILES string of the molecule is CCN1CCC(CC2C[C@H](C)CN2C)C1. The summed E-state index contributed by atoms with van der Waals surface area (Å²) in [6.07, 6.45) is 4.31. The first-order valence-corrected chi connectivity index (χ1v) is 6.61. The van der Waals surface area contributed by atoms with Gasteiger partial charge in [-0.2, -0.15) is 0 Å². The van der Waals surface area contributed by atoms with Gasteiger partial charge in [-0.05, 0) is 51.2 Å². The average molecular weight is 210 g/mol. The van der Waals surface area contributed by atoms with Gasteiger partial charge in [0.1, 0.15) is 0 Å². The van der Waals surface area contributed by atoms with Crippen LogP contribution < -0.4 is 0 Å². The van der Waals surface area contributed by atoms with Gasteiger partial charge in [0.2, 0.25) is 0 Å². The standard InChI is InChI=1S/C13H26N2/c1-4-15-6-5-12(10-15)8-13-7-11(2)9-14(13)3/h11-13H,4-10H2,1-3H3/t11-,12?,13?/m0/s1. The lowest BCUT2D eigenvalue weighted by Gasteiger charge is -2.22. The summed E-state index contributed by atoms with van der Waals surface area (Å²) in [6.45, 7) is 9.93. The molecule has 0 spiro atoms. The van der Waals surface area contributed by atoms with E-state index in [0.717, 1.165) is 17.9 Å². The number of rotatable bonds is 3. The fraction of sp³-hybridized carbons (Fsp3) is 1.00. The van der Waals surface area contributed by atoms with Gasteiger partial charge in [0, 0.05) is 19.1 Å². The zero-order chi connectivity index (χ0) is 10.8. The van der Waals surface area contributed by atoms with Crippen LogP contribution in [0.15, 0.2) is 0 Å². The van der Waals surface area contributed by atoms with Crippen LogP contribution in [0.2, 0.25) is 0 Å². The summed E-state index contributed by atoms with van der Waals surface area (Å²) in [6, 6.07) is 0.877. The maximum atomic E-state index is 2.60. The van der Waals surface area contributed by atoms with Crippen molar-refractivity contribution < 1.29 is 0 Å². The van der Waals surface area contributed by atoms with E-state index >= 15 is 0 Å². The molecule has 2 aliphatic rings. The Balaban J connectivity index is 1.78. The first-order valence-electron chi connectivity index (χ1n) is 6.61. The Hall–Kier alpha value is -0.0800. The number of likely N-dealkylation sites (tertiary alicyclic amines) is 2. The molecule has 0 aromatic carbocycles. The minimum atomic E-state index is 0.877. The van der Waals surface area contributed by atoms with E-state index in [0.29, 0.717) is 0 Å². The zero-order valence-electron chi connectivity index (χ0n) is 10.6. The predicted octanol–water partition coefficient (Wildman–Crippen LogP) is 2.06.